The van der Waals surface area contributed by atoms with Gasteiger partial charge in [0.25, 0.3) is 5.56 Å². The molecule has 0 fully saturated rings. The highest BCUT2D eigenvalue weighted by molar-refractivity contribution is 5.34. The van der Waals surface area contributed by atoms with Gasteiger partial charge in [0, 0.05) is 38.6 Å². The van der Waals surface area contributed by atoms with E-state index in [4.69, 9.17) is 11.5 Å². The zero-order valence-electron chi connectivity index (χ0n) is 7.94. The van der Waals surface area contributed by atoms with Gasteiger partial charge in [0.15, 0.2) is 5.82 Å². The number of hydrogen-bond donors (Lipinski definition) is 3. The molecule has 0 unspecified atom stereocenters. The molecule has 6 nitrogen and oxygen atoms in total. The van der Waals surface area contributed by atoms with Crippen LogP contribution in [0.4, 0.5) is 5.82 Å². The van der Waals surface area contributed by atoms with Crippen molar-refractivity contribution in [3.05, 3.63) is 22.7 Å². The van der Waals surface area contributed by atoms with Crippen LogP contribution in [-0.2, 0) is 0 Å². The Morgan fingerprint density at radius 1 is 1.36 bits per heavy atom. The number of nitrogens with two attached hydrogens (primary N) is 2. The predicted octanol–water partition coefficient (Wildman–Crippen LogP) is -1.51. The molecule has 0 amide bonds. The number of H-pyrrole nitrogens is 1. The van der Waals surface area contributed by atoms with E-state index in [0.29, 0.717) is 32.0 Å². The van der Waals surface area contributed by atoms with Crippen molar-refractivity contribution in [2.24, 2.45) is 11.5 Å². The summed E-state index contributed by atoms with van der Waals surface area (Å²) in [6, 6.07) is 0. The smallest absolute Gasteiger partial charge is 0.290 e. The van der Waals surface area contributed by atoms with E-state index in [1.807, 2.05) is 0 Å². The van der Waals surface area contributed by atoms with E-state index in [1.165, 1.54) is 12.4 Å². The Morgan fingerprint density at radius 3 is 2.50 bits per heavy atom. The van der Waals surface area contributed by atoms with Crippen LogP contribution < -0.4 is 21.9 Å². The fourth-order valence-corrected chi connectivity index (χ4v) is 1.20. The van der Waals surface area contributed by atoms with Crippen molar-refractivity contribution in [2.45, 2.75) is 0 Å². The van der Waals surface area contributed by atoms with E-state index in [0.717, 1.165) is 0 Å². The number of hydrogen-bond acceptors (Lipinski definition) is 5. The highest BCUT2D eigenvalue weighted by Crippen LogP contribution is 1.99. The van der Waals surface area contributed by atoms with Gasteiger partial charge in [-0.1, -0.05) is 0 Å². The summed E-state index contributed by atoms with van der Waals surface area (Å²) in [5, 5.41) is 0. The van der Waals surface area contributed by atoms with Gasteiger partial charge in [0.1, 0.15) is 0 Å². The second-order valence-electron chi connectivity index (χ2n) is 2.81. The van der Waals surface area contributed by atoms with E-state index >= 15 is 0 Å². The number of rotatable bonds is 5. The van der Waals surface area contributed by atoms with Gasteiger partial charge in [-0.25, -0.2) is 4.98 Å². The number of anilines is 1. The first kappa shape index (κ1) is 10.7. The standard InChI is InChI=1S/C8H15N5O/c9-1-5-13(6-2-10)7-8(14)12-4-3-11-7/h3-4H,1-2,5-6,9-10H2,(H,12,14). The van der Waals surface area contributed by atoms with E-state index in [9.17, 15) is 4.79 Å². The number of aromatic amines is 1. The molecule has 0 atom stereocenters. The molecular weight excluding hydrogens is 182 g/mol. The van der Waals surface area contributed by atoms with Gasteiger partial charge in [-0.3, -0.25) is 4.79 Å². The summed E-state index contributed by atoms with van der Waals surface area (Å²) in [7, 11) is 0. The van der Waals surface area contributed by atoms with Gasteiger partial charge in [-0.05, 0) is 0 Å². The molecule has 0 spiro atoms. The van der Waals surface area contributed by atoms with Crippen LogP contribution >= 0.6 is 0 Å². The average molecular weight is 197 g/mol. The maximum Gasteiger partial charge on any atom is 0.290 e. The Hall–Kier alpha value is -1.40. The zero-order chi connectivity index (χ0) is 10.4. The third-order valence-electron chi connectivity index (χ3n) is 1.79. The summed E-state index contributed by atoms with van der Waals surface area (Å²) in [5.74, 6) is 0.378. The largest absolute Gasteiger partial charge is 0.349 e. The van der Waals surface area contributed by atoms with Gasteiger partial charge in [-0.2, -0.15) is 0 Å². The maximum absolute atomic E-state index is 11.4. The van der Waals surface area contributed by atoms with Crippen molar-refractivity contribution in [3.8, 4) is 0 Å². The Bertz CT molecular complexity index is 318. The molecule has 0 aromatic carbocycles. The lowest BCUT2D eigenvalue weighted by molar-refractivity contribution is 0.762. The predicted molar refractivity (Wildman–Crippen MR) is 55.2 cm³/mol. The maximum atomic E-state index is 11.4. The summed E-state index contributed by atoms with van der Waals surface area (Å²) < 4.78 is 0. The van der Waals surface area contributed by atoms with E-state index in [1.54, 1.807) is 4.90 Å². The van der Waals surface area contributed by atoms with E-state index in [-0.39, 0.29) is 5.56 Å². The molecule has 0 aliphatic rings. The lowest BCUT2D eigenvalue weighted by Gasteiger charge is -2.20. The molecule has 0 bridgehead atoms. The Balaban J connectivity index is 2.87. The molecule has 0 saturated heterocycles. The summed E-state index contributed by atoms with van der Waals surface area (Å²) >= 11 is 0. The van der Waals surface area contributed by atoms with E-state index < -0.39 is 0 Å². The molecule has 0 aliphatic heterocycles. The summed E-state index contributed by atoms with van der Waals surface area (Å²) in [5.41, 5.74) is 10.6. The van der Waals surface area contributed by atoms with Crippen LogP contribution in [0.3, 0.4) is 0 Å². The van der Waals surface area contributed by atoms with Crippen LogP contribution in [0.1, 0.15) is 0 Å². The lowest BCUT2D eigenvalue weighted by Crippen LogP contribution is -2.37. The van der Waals surface area contributed by atoms with E-state index in [2.05, 4.69) is 9.97 Å². The third-order valence-corrected chi connectivity index (χ3v) is 1.79. The fraction of sp³-hybridized carbons (Fsp3) is 0.500. The number of nitrogens with zero attached hydrogens (tertiary/aromatic N) is 2. The van der Waals surface area contributed by atoms with Crippen molar-refractivity contribution in [1.29, 1.82) is 0 Å². The minimum atomic E-state index is -0.214. The van der Waals surface area contributed by atoms with Crippen molar-refractivity contribution >= 4 is 5.82 Å². The van der Waals surface area contributed by atoms with Crippen LogP contribution in [0, 0.1) is 0 Å². The average Bonchev–Trinajstić information content (AvgIpc) is 2.18. The fourth-order valence-electron chi connectivity index (χ4n) is 1.20. The van der Waals surface area contributed by atoms with Crippen LogP contribution in [0.5, 0.6) is 0 Å². The zero-order valence-corrected chi connectivity index (χ0v) is 7.94. The number of nitrogens with one attached hydrogen (secondary N) is 1. The van der Waals surface area contributed by atoms with Crippen LogP contribution in [-0.4, -0.2) is 36.1 Å². The summed E-state index contributed by atoms with van der Waals surface area (Å²) in [6.45, 7) is 2.10. The Labute approximate surface area is 81.9 Å². The minimum absolute atomic E-state index is 0.214. The summed E-state index contributed by atoms with van der Waals surface area (Å²) in [6.07, 6.45) is 3.03. The lowest BCUT2D eigenvalue weighted by atomic mass is 10.4. The topological polar surface area (TPSA) is 101 Å². The molecule has 1 rings (SSSR count). The molecule has 14 heavy (non-hydrogen) atoms. The SMILES string of the molecule is NCCN(CCN)c1ncc[nH]c1=O. The van der Waals surface area contributed by atoms with Crippen molar-refractivity contribution in [2.75, 3.05) is 31.1 Å². The monoisotopic (exact) mass is 197 g/mol. The molecule has 1 aromatic rings. The molecule has 0 saturated carbocycles. The molecule has 1 heterocycles. The highest BCUT2D eigenvalue weighted by Gasteiger charge is 2.09. The normalized spacial score (nSPS) is 10.1. The third kappa shape index (κ3) is 2.54. The summed E-state index contributed by atoms with van der Waals surface area (Å²) in [4.78, 5) is 19.7. The van der Waals surface area contributed by atoms with Crippen LogP contribution in [0.25, 0.3) is 0 Å². The van der Waals surface area contributed by atoms with Gasteiger partial charge >= 0.3 is 0 Å². The van der Waals surface area contributed by atoms with Crippen molar-refractivity contribution in [1.82, 2.24) is 9.97 Å². The molecule has 5 N–H and O–H groups in total. The Morgan fingerprint density at radius 2 is 2.00 bits per heavy atom. The minimum Gasteiger partial charge on any atom is -0.349 e. The van der Waals surface area contributed by atoms with Gasteiger partial charge < -0.3 is 21.4 Å². The first-order valence-corrected chi connectivity index (χ1v) is 4.48. The molecule has 6 heteroatoms. The van der Waals surface area contributed by atoms with Crippen molar-refractivity contribution < 1.29 is 0 Å². The molecule has 1 aromatic heterocycles. The van der Waals surface area contributed by atoms with Crippen LogP contribution in [0.2, 0.25) is 0 Å². The first-order valence-electron chi connectivity index (χ1n) is 4.48. The first-order chi connectivity index (χ1) is 6.79. The highest BCUT2D eigenvalue weighted by atomic mass is 16.1. The Kier molecular flexibility index (Phi) is 4.09. The second kappa shape index (κ2) is 5.36. The van der Waals surface area contributed by atoms with Gasteiger partial charge in [0.2, 0.25) is 0 Å². The second-order valence-corrected chi connectivity index (χ2v) is 2.81. The molecule has 78 valence electrons. The van der Waals surface area contributed by atoms with Gasteiger partial charge in [-0.15, -0.1) is 0 Å². The van der Waals surface area contributed by atoms with Crippen LogP contribution in [0.15, 0.2) is 17.2 Å². The molecular formula is C8H15N5O. The number of aromatic nitrogens is 2. The quantitative estimate of drug-likeness (QED) is 0.533. The van der Waals surface area contributed by atoms with Crippen molar-refractivity contribution in [3.63, 3.8) is 0 Å². The molecule has 0 radical (unpaired) electrons. The molecule has 0 aliphatic carbocycles. The van der Waals surface area contributed by atoms with Gasteiger partial charge in [0.05, 0.1) is 0 Å².